The summed E-state index contributed by atoms with van der Waals surface area (Å²) in [5.41, 5.74) is 0. The van der Waals surface area contributed by atoms with Crippen LogP contribution in [0, 0.1) is 20.2 Å². The predicted molar refractivity (Wildman–Crippen MR) is 88.1 cm³/mol. The minimum absolute atomic E-state index is 0.407. The summed E-state index contributed by atoms with van der Waals surface area (Å²) in [4.78, 5) is 23.0. The highest BCUT2D eigenvalue weighted by molar-refractivity contribution is 7.10. The van der Waals surface area contributed by atoms with Gasteiger partial charge in [-0.3, -0.25) is 20.2 Å². The van der Waals surface area contributed by atoms with Crippen LogP contribution < -0.4 is 0 Å². The van der Waals surface area contributed by atoms with E-state index in [1.165, 1.54) is 22.7 Å². The van der Waals surface area contributed by atoms with E-state index in [9.17, 15) is 20.2 Å². The molecule has 0 aliphatic rings. The monoisotopic (exact) mass is 356 g/mol. The summed E-state index contributed by atoms with van der Waals surface area (Å²) in [6.45, 7) is 3.16. The normalized spacial score (nSPS) is 16.4. The molecule has 0 saturated heterocycles. The quantitative estimate of drug-likeness (QED) is 0.527. The molecule has 4 unspecified atom stereocenters. The zero-order valence-corrected chi connectivity index (χ0v) is 14.2. The van der Waals surface area contributed by atoms with Crippen LogP contribution in [-0.4, -0.2) is 22.1 Å². The summed E-state index contributed by atoms with van der Waals surface area (Å²) < 4.78 is 5.67. The topological polar surface area (TPSA) is 95.5 Å². The number of nitrogens with zero attached hydrogens (tertiary/aromatic N) is 2. The van der Waals surface area contributed by atoms with E-state index < -0.39 is 34.1 Å². The third kappa shape index (κ3) is 4.12. The van der Waals surface area contributed by atoms with Crippen molar-refractivity contribution in [1.82, 2.24) is 0 Å². The first-order chi connectivity index (χ1) is 10.9. The Morgan fingerprint density at radius 1 is 0.913 bits per heavy atom. The summed E-state index contributed by atoms with van der Waals surface area (Å²) in [5, 5.41) is 26.2. The van der Waals surface area contributed by atoms with Crippen molar-refractivity contribution >= 4 is 22.7 Å². The van der Waals surface area contributed by atoms with E-state index >= 15 is 0 Å². The Morgan fingerprint density at radius 2 is 1.30 bits per heavy atom. The molecule has 2 aromatic heterocycles. The number of ether oxygens (including phenoxy) is 1. The SMILES string of the molecule is CC(OC(C)C(c1cccs1)[N+](=O)[O-])C(c1cccs1)[N+](=O)[O-]. The van der Waals surface area contributed by atoms with Gasteiger partial charge in [0.15, 0.2) is 0 Å². The van der Waals surface area contributed by atoms with Crippen LogP contribution in [0.5, 0.6) is 0 Å². The summed E-state index contributed by atoms with van der Waals surface area (Å²) in [6.07, 6.45) is -1.55. The van der Waals surface area contributed by atoms with Crippen LogP contribution in [0.15, 0.2) is 35.0 Å². The Balaban J connectivity index is 2.15. The van der Waals surface area contributed by atoms with Crippen molar-refractivity contribution in [3.05, 3.63) is 65.0 Å². The van der Waals surface area contributed by atoms with Crippen LogP contribution in [0.25, 0.3) is 0 Å². The lowest BCUT2D eigenvalue weighted by atomic mass is 10.1. The molecule has 2 heterocycles. The van der Waals surface area contributed by atoms with Crippen LogP contribution in [0.2, 0.25) is 0 Å². The highest BCUT2D eigenvalue weighted by Gasteiger charge is 2.38. The van der Waals surface area contributed by atoms with Gasteiger partial charge in [-0.1, -0.05) is 12.1 Å². The minimum Gasteiger partial charge on any atom is -0.360 e. The molecule has 0 bridgehead atoms. The molecule has 7 nitrogen and oxygen atoms in total. The van der Waals surface area contributed by atoms with Crippen LogP contribution in [0.1, 0.15) is 35.7 Å². The van der Waals surface area contributed by atoms with Gasteiger partial charge in [-0.15, -0.1) is 22.7 Å². The van der Waals surface area contributed by atoms with Gasteiger partial charge >= 0.3 is 0 Å². The third-order valence-electron chi connectivity index (χ3n) is 3.44. The zero-order valence-electron chi connectivity index (χ0n) is 12.5. The molecule has 0 radical (unpaired) electrons. The molecule has 9 heteroatoms. The second-order valence-corrected chi connectivity index (χ2v) is 7.00. The van der Waals surface area contributed by atoms with E-state index in [4.69, 9.17) is 4.74 Å². The van der Waals surface area contributed by atoms with Gasteiger partial charge in [-0.25, -0.2) is 0 Å². The van der Waals surface area contributed by atoms with Gasteiger partial charge in [-0.2, -0.15) is 0 Å². The van der Waals surface area contributed by atoms with E-state index in [-0.39, 0.29) is 0 Å². The molecule has 4 atom stereocenters. The summed E-state index contributed by atoms with van der Waals surface area (Å²) >= 11 is 2.55. The second kappa shape index (κ2) is 7.62. The van der Waals surface area contributed by atoms with Gasteiger partial charge in [0, 0.05) is 9.85 Å². The van der Waals surface area contributed by atoms with E-state index in [0.717, 1.165) is 0 Å². The van der Waals surface area contributed by atoms with Crippen molar-refractivity contribution < 1.29 is 14.6 Å². The summed E-state index contributed by atoms with van der Waals surface area (Å²) in [6, 6.07) is 4.75. The lowest BCUT2D eigenvalue weighted by molar-refractivity contribution is -0.556. The van der Waals surface area contributed by atoms with Crippen molar-refractivity contribution in [3.63, 3.8) is 0 Å². The Kier molecular flexibility index (Phi) is 5.80. The van der Waals surface area contributed by atoms with Gasteiger partial charge in [0.05, 0.1) is 9.75 Å². The fourth-order valence-electron chi connectivity index (χ4n) is 2.42. The molecular weight excluding hydrogens is 340 g/mol. The molecule has 0 saturated carbocycles. The lowest BCUT2D eigenvalue weighted by Gasteiger charge is -2.23. The third-order valence-corrected chi connectivity index (χ3v) is 5.33. The Hall–Kier alpha value is -1.84. The fraction of sp³-hybridized carbons (Fsp3) is 0.429. The standard InChI is InChI=1S/C14H16N2O5S2/c1-9(13(15(17)18)11-5-3-7-22-11)21-10(2)14(16(19)20)12-6-4-8-23-12/h3-10,13-14H,1-2H3. The second-order valence-electron chi connectivity index (χ2n) is 5.04. The first-order valence-corrected chi connectivity index (χ1v) is 8.67. The predicted octanol–water partition coefficient (Wildman–Crippen LogP) is 3.94. The lowest BCUT2D eigenvalue weighted by Crippen LogP contribution is -2.33. The van der Waals surface area contributed by atoms with Gasteiger partial charge in [-0.05, 0) is 36.7 Å². The number of hydrogen-bond acceptors (Lipinski definition) is 7. The maximum absolute atomic E-state index is 11.4. The van der Waals surface area contributed by atoms with Crippen molar-refractivity contribution in [2.75, 3.05) is 0 Å². The smallest absolute Gasteiger partial charge is 0.272 e. The number of nitro groups is 2. The number of thiophene rings is 2. The fourth-order valence-corrected chi connectivity index (χ4v) is 4.20. The maximum Gasteiger partial charge on any atom is 0.272 e. The van der Waals surface area contributed by atoms with Crippen molar-refractivity contribution in [2.45, 2.75) is 38.1 Å². The van der Waals surface area contributed by atoms with Gasteiger partial charge in [0.25, 0.3) is 12.1 Å². The van der Waals surface area contributed by atoms with Gasteiger partial charge in [0.1, 0.15) is 12.2 Å². The van der Waals surface area contributed by atoms with E-state index in [2.05, 4.69) is 0 Å². The zero-order chi connectivity index (χ0) is 17.0. The largest absolute Gasteiger partial charge is 0.360 e. The molecule has 0 aliphatic carbocycles. The molecule has 2 aromatic rings. The molecule has 2 rings (SSSR count). The molecule has 0 fully saturated rings. The van der Waals surface area contributed by atoms with Crippen molar-refractivity contribution in [3.8, 4) is 0 Å². The average molecular weight is 356 g/mol. The molecule has 0 spiro atoms. The van der Waals surface area contributed by atoms with E-state index in [1.54, 1.807) is 48.9 Å². The van der Waals surface area contributed by atoms with Crippen LogP contribution in [0.3, 0.4) is 0 Å². The average Bonchev–Trinajstić information content (AvgIpc) is 3.11. The summed E-state index contributed by atoms with van der Waals surface area (Å²) in [7, 11) is 0. The first kappa shape index (κ1) is 17.5. The van der Waals surface area contributed by atoms with E-state index in [1.807, 2.05) is 0 Å². The Labute approximate surface area is 140 Å². The van der Waals surface area contributed by atoms with Gasteiger partial charge in [0.2, 0.25) is 0 Å². The molecular formula is C14H16N2O5S2. The molecule has 0 aromatic carbocycles. The maximum atomic E-state index is 11.4. The Bertz CT molecular complexity index is 588. The van der Waals surface area contributed by atoms with Crippen LogP contribution in [0.4, 0.5) is 0 Å². The molecule has 124 valence electrons. The highest BCUT2D eigenvalue weighted by Crippen LogP contribution is 2.31. The Morgan fingerprint density at radius 3 is 1.57 bits per heavy atom. The minimum atomic E-state index is -1.03. The van der Waals surface area contributed by atoms with Crippen molar-refractivity contribution in [2.24, 2.45) is 0 Å². The summed E-state index contributed by atoms with van der Waals surface area (Å²) in [5.74, 6) is 0. The highest BCUT2D eigenvalue weighted by atomic mass is 32.1. The van der Waals surface area contributed by atoms with Crippen LogP contribution >= 0.6 is 22.7 Å². The number of hydrogen-bond donors (Lipinski definition) is 0. The molecule has 23 heavy (non-hydrogen) atoms. The molecule has 0 N–H and O–H groups in total. The van der Waals surface area contributed by atoms with Crippen LogP contribution in [-0.2, 0) is 4.74 Å². The molecule has 0 amide bonds. The van der Waals surface area contributed by atoms with E-state index in [0.29, 0.717) is 9.75 Å². The first-order valence-electron chi connectivity index (χ1n) is 6.91. The van der Waals surface area contributed by atoms with Crippen molar-refractivity contribution in [1.29, 1.82) is 0 Å². The number of rotatable bonds is 8. The molecule has 0 aliphatic heterocycles. The van der Waals surface area contributed by atoms with Gasteiger partial charge < -0.3 is 4.74 Å².